The summed E-state index contributed by atoms with van der Waals surface area (Å²) in [6.07, 6.45) is 1.70. The van der Waals surface area contributed by atoms with Gasteiger partial charge in [0, 0.05) is 6.07 Å². The van der Waals surface area contributed by atoms with E-state index >= 15 is 0 Å². The quantitative estimate of drug-likeness (QED) is 0.617. The largest absolute Gasteiger partial charge is 0.480 e. The summed E-state index contributed by atoms with van der Waals surface area (Å²) in [5, 5.41) is 22.8. The molecule has 0 saturated heterocycles. The van der Waals surface area contributed by atoms with Crippen LogP contribution in [0.3, 0.4) is 0 Å². The van der Waals surface area contributed by atoms with Gasteiger partial charge in [0.1, 0.15) is 11.7 Å². The van der Waals surface area contributed by atoms with Crippen molar-refractivity contribution in [1.82, 2.24) is 0 Å². The summed E-state index contributed by atoms with van der Waals surface area (Å²) in [7, 11) is 0. The first kappa shape index (κ1) is 12.3. The van der Waals surface area contributed by atoms with Gasteiger partial charge in [0.15, 0.2) is 0 Å². The van der Waals surface area contributed by atoms with E-state index in [2.05, 4.69) is 5.32 Å². The third-order valence-corrected chi connectivity index (χ3v) is 3.02. The van der Waals surface area contributed by atoms with Crippen molar-refractivity contribution >= 4 is 17.3 Å². The Kier molecular flexibility index (Phi) is 3.18. The number of benzene rings is 1. The van der Waals surface area contributed by atoms with Crippen LogP contribution in [0.5, 0.6) is 0 Å². The number of nitrogens with zero attached hydrogens (tertiary/aromatic N) is 1. The molecular formula is C12H14N2O4. The van der Waals surface area contributed by atoms with Gasteiger partial charge >= 0.3 is 5.97 Å². The Morgan fingerprint density at radius 1 is 1.56 bits per heavy atom. The van der Waals surface area contributed by atoms with Crippen molar-refractivity contribution in [3.05, 3.63) is 33.9 Å². The topological polar surface area (TPSA) is 92.5 Å². The van der Waals surface area contributed by atoms with E-state index in [1.807, 2.05) is 6.92 Å². The Morgan fingerprint density at radius 2 is 2.22 bits per heavy atom. The number of aryl methyl sites for hydroxylation is 1. The fraction of sp³-hybridized carbons (Fsp3) is 0.417. The molecule has 1 aliphatic carbocycles. The van der Waals surface area contributed by atoms with Crippen molar-refractivity contribution in [1.29, 1.82) is 0 Å². The van der Waals surface area contributed by atoms with Crippen LogP contribution in [0.4, 0.5) is 11.4 Å². The van der Waals surface area contributed by atoms with Gasteiger partial charge < -0.3 is 10.4 Å². The van der Waals surface area contributed by atoms with Crippen LogP contribution in [0.15, 0.2) is 18.2 Å². The first-order valence-corrected chi connectivity index (χ1v) is 5.73. The Bertz CT molecular complexity index is 497. The third kappa shape index (κ3) is 2.58. The van der Waals surface area contributed by atoms with Crippen molar-refractivity contribution in [2.45, 2.75) is 25.8 Å². The number of carbonyl (C=O) groups is 1. The molecule has 6 heteroatoms. The van der Waals surface area contributed by atoms with Crippen LogP contribution in [-0.4, -0.2) is 22.0 Å². The van der Waals surface area contributed by atoms with Crippen molar-refractivity contribution in [2.75, 3.05) is 5.32 Å². The number of nitrogens with one attached hydrogen (secondary N) is 1. The summed E-state index contributed by atoms with van der Waals surface area (Å²) in [4.78, 5) is 21.5. The average Bonchev–Trinajstić information content (AvgIpc) is 3.08. The molecule has 0 aliphatic heterocycles. The average molecular weight is 250 g/mol. The van der Waals surface area contributed by atoms with Crippen LogP contribution in [-0.2, 0) is 4.79 Å². The number of rotatable bonds is 5. The van der Waals surface area contributed by atoms with Crippen molar-refractivity contribution in [3.8, 4) is 0 Å². The third-order valence-electron chi connectivity index (χ3n) is 3.02. The number of aliphatic carboxylic acids is 1. The number of carboxylic acid groups (broad SMARTS) is 1. The fourth-order valence-electron chi connectivity index (χ4n) is 1.90. The second-order valence-electron chi connectivity index (χ2n) is 4.58. The fourth-order valence-corrected chi connectivity index (χ4v) is 1.90. The molecule has 1 atom stereocenters. The van der Waals surface area contributed by atoms with Gasteiger partial charge in [-0.2, -0.15) is 0 Å². The van der Waals surface area contributed by atoms with Crippen LogP contribution >= 0.6 is 0 Å². The molecular weight excluding hydrogens is 236 g/mol. The number of carboxylic acids is 1. The summed E-state index contributed by atoms with van der Waals surface area (Å²) in [5.74, 6) is -0.893. The summed E-state index contributed by atoms with van der Waals surface area (Å²) in [5.41, 5.74) is 1.04. The predicted octanol–water partition coefficient (Wildman–Crippen LogP) is 2.18. The van der Waals surface area contributed by atoms with Gasteiger partial charge in [0.25, 0.3) is 5.69 Å². The number of nitro benzene ring substituents is 1. The van der Waals surface area contributed by atoms with E-state index in [1.54, 1.807) is 12.1 Å². The molecule has 0 amide bonds. The van der Waals surface area contributed by atoms with Crippen molar-refractivity contribution < 1.29 is 14.8 Å². The lowest BCUT2D eigenvalue weighted by Crippen LogP contribution is -2.31. The minimum absolute atomic E-state index is 0.0719. The molecule has 1 fully saturated rings. The van der Waals surface area contributed by atoms with E-state index in [1.165, 1.54) is 6.07 Å². The Balaban J connectivity index is 2.28. The van der Waals surface area contributed by atoms with Crippen LogP contribution in [0.25, 0.3) is 0 Å². The normalized spacial score (nSPS) is 16.1. The van der Waals surface area contributed by atoms with Gasteiger partial charge in [-0.15, -0.1) is 0 Å². The molecule has 0 spiro atoms. The number of nitro groups is 1. The summed E-state index contributed by atoms with van der Waals surface area (Å²) in [6.45, 7) is 1.81. The summed E-state index contributed by atoms with van der Waals surface area (Å²) >= 11 is 0. The maximum Gasteiger partial charge on any atom is 0.326 e. The van der Waals surface area contributed by atoms with E-state index in [4.69, 9.17) is 5.11 Å². The number of hydrogen-bond donors (Lipinski definition) is 2. The first-order valence-electron chi connectivity index (χ1n) is 5.73. The molecule has 2 rings (SSSR count). The molecule has 1 saturated carbocycles. The lowest BCUT2D eigenvalue weighted by Gasteiger charge is -2.15. The highest BCUT2D eigenvalue weighted by Crippen LogP contribution is 2.36. The van der Waals surface area contributed by atoms with Crippen LogP contribution in [0, 0.1) is 23.0 Å². The van der Waals surface area contributed by atoms with E-state index < -0.39 is 16.9 Å². The van der Waals surface area contributed by atoms with Gasteiger partial charge in [-0.3, -0.25) is 10.1 Å². The van der Waals surface area contributed by atoms with Crippen LogP contribution in [0.1, 0.15) is 18.4 Å². The molecule has 1 aliphatic rings. The molecule has 6 nitrogen and oxygen atoms in total. The maximum absolute atomic E-state index is 11.1. The van der Waals surface area contributed by atoms with Crippen molar-refractivity contribution in [3.63, 3.8) is 0 Å². The highest BCUT2D eigenvalue weighted by Gasteiger charge is 2.37. The molecule has 0 heterocycles. The Hall–Kier alpha value is -2.11. The second-order valence-corrected chi connectivity index (χ2v) is 4.58. The Labute approximate surface area is 104 Å². The van der Waals surface area contributed by atoms with Crippen LogP contribution < -0.4 is 5.32 Å². The lowest BCUT2D eigenvalue weighted by atomic mass is 10.1. The SMILES string of the molecule is Cc1ccc([N+](=O)[O-])c(NC(C(=O)O)C2CC2)c1. The highest BCUT2D eigenvalue weighted by atomic mass is 16.6. The molecule has 0 radical (unpaired) electrons. The minimum atomic E-state index is -0.965. The van der Waals surface area contributed by atoms with E-state index in [0.717, 1.165) is 18.4 Å². The smallest absolute Gasteiger partial charge is 0.326 e. The zero-order valence-corrected chi connectivity index (χ0v) is 9.92. The molecule has 0 bridgehead atoms. The molecule has 0 aromatic heterocycles. The molecule has 1 aromatic carbocycles. The van der Waals surface area contributed by atoms with Gasteiger partial charge in [0.05, 0.1) is 4.92 Å². The van der Waals surface area contributed by atoms with Gasteiger partial charge in [0.2, 0.25) is 0 Å². The standard InChI is InChI=1S/C12H14N2O4/c1-7-2-5-10(14(17)18)9(6-7)13-11(12(15)16)8-3-4-8/h2,5-6,8,11,13H,3-4H2,1H3,(H,15,16). The van der Waals surface area contributed by atoms with E-state index in [-0.39, 0.29) is 17.3 Å². The van der Waals surface area contributed by atoms with Gasteiger partial charge in [-0.25, -0.2) is 4.79 Å². The van der Waals surface area contributed by atoms with Crippen LogP contribution in [0.2, 0.25) is 0 Å². The summed E-state index contributed by atoms with van der Waals surface area (Å²) < 4.78 is 0. The molecule has 96 valence electrons. The monoisotopic (exact) mass is 250 g/mol. The first-order chi connectivity index (χ1) is 8.49. The second kappa shape index (κ2) is 4.64. The molecule has 2 N–H and O–H groups in total. The van der Waals surface area contributed by atoms with Gasteiger partial charge in [-0.05, 0) is 37.3 Å². The number of anilines is 1. The minimum Gasteiger partial charge on any atom is -0.480 e. The predicted molar refractivity (Wildman–Crippen MR) is 65.6 cm³/mol. The van der Waals surface area contributed by atoms with Gasteiger partial charge in [-0.1, -0.05) is 6.07 Å². The summed E-state index contributed by atoms with van der Waals surface area (Å²) in [6, 6.07) is 3.89. The number of hydrogen-bond acceptors (Lipinski definition) is 4. The lowest BCUT2D eigenvalue weighted by molar-refractivity contribution is -0.384. The Morgan fingerprint density at radius 3 is 2.72 bits per heavy atom. The molecule has 1 unspecified atom stereocenters. The molecule has 1 aromatic rings. The zero-order chi connectivity index (χ0) is 13.3. The van der Waals surface area contributed by atoms with Crippen molar-refractivity contribution in [2.24, 2.45) is 5.92 Å². The van der Waals surface area contributed by atoms with E-state index in [9.17, 15) is 14.9 Å². The zero-order valence-electron chi connectivity index (χ0n) is 9.92. The highest BCUT2D eigenvalue weighted by molar-refractivity contribution is 5.80. The van der Waals surface area contributed by atoms with E-state index in [0.29, 0.717) is 0 Å². The maximum atomic E-state index is 11.1. The molecule has 18 heavy (non-hydrogen) atoms.